The highest BCUT2D eigenvalue weighted by molar-refractivity contribution is 6.41. The van der Waals surface area contributed by atoms with Crippen molar-refractivity contribution in [2.45, 2.75) is 13.8 Å². The van der Waals surface area contributed by atoms with Crippen LogP contribution in [0.5, 0.6) is 0 Å². The second-order valence-corrected chi connectivity index (χ2v) is 5.44. The van der Waals surface area contributed by atoms with Crippen molar-refractivity contribution >= 4 is 24.6 Å². The summed E-state index contributed by atoms with van der Waals surface area (Å²) in [4.78, 5) is 8.98. The lowest BCUT2D eigenvalue weighted by Gasteiger charge is -2.04. The first-order valence-corrected chi connectivity index (χ1v) is 8.36. The molecule has 0 atom stereocenters. The van der Waals surface area contributed by atoms with E-state index in [0.29, 0.717) is 17.1 Å². The van der Waals surface area contributed by atoms with Gasteiger partial charge in [-0.2, -0.15) is 0 Å². The molecule has 0 saturated carbocycles. The van der Waals surface area contributed by atoms with E-state index >= 15 is 0 Å². The molecule has 26 heavy (non-hydrogen) atoms. The molecule has 0 N–H and O–H groups in total. The molecule has 0 heterocycles. The highest BCUT2D eigenvalue weighted by Crippen LogP contribution is 2.06. The predicted octanol–water partition coefficient (Wildman–Crippen LogP) is 4.68. The Bertz CT molecular complexity index is 919. The molecule has 0 saturated heterocycles. The molecule has 1 aromatic rings. The van der Waals surface area contributed by atoms with Crippen LogP contribution in [0.25, 0.3) is 12.7 Å². The van der Waals surface area contributed by atoms with Gasteiger partial charge in [-0.1, -0.05) is 74.9 Å². The number of benzene rings is 1. The fourth-order valence-electron chi connectivity index (χ4n) is 2.11. The van der Waals surface area contributed by atoms with Crippen LogP contribution in [0.1, 0.15) is 13.8 Å². The average Bonchev–Trinajstić information content (AvgIpc) is 2.60. The Balaban J connectivity index is 3.51. The van der Waals surface area contributed by atoms with Crippen LogP contribution >= 0.6 is 0 Å². The first-order chi connectivity index (χ1) is 12.5. The molecule has 1 aromatic carbocycles. The van der Waals surface area contributed by atoms with Crippen LogP contribution in [-0.2, 0) is 0 Å². The summed E-state index contributed by atoms with van der Waals surface area (Å²) < 4.78 is 0. The van der Waals surface area contributed by atoms with E-state index in [1.807, 2.05) is 74.6 Å². The standard InChI is InChI=1S/C24H26N2/c1-7-12-20(5)25-18-24(26-21(6)13-8-2)23(14-9-3)17-22-16-11-10-15-19(22)4/h7-18H,3-6H2,1-2H3/b12-7-,13-8-,22-17-,23-14+,25-18?,26-24?. The Morgan fingerprint density at radius 3 is 2.27 bits per heavy atom. The van der Waals surface area contributed by atoms with E-state index < -0.39 is 0 Å². The molecule has 0 radical (unpaired) electrons. The summed E-state index contributed by atoms with van der Waals surface area (Å²) in [5, 5.41) is 1.94. The van der Waals surface area contributed by atoms with Crippen molar-refractivity contribution in [1.29, 1.82) is 0 Å². The predicted molar refractivity (Wildman–Crippen MR) is 118 cm³/mol. The third kappa shape index (κ3) is 7.10. The van der Waals surface area contributed by atoms with E-state index in [2.05, 4.69) is 36.3 Å². The Hall–Kier alpha value is -3.26. The van der Waals surface area contributed by atoms with E-state index in [1.54, 1.807) is 12.3 Å². The maximum Gasteiger partial charge on any atom is 0.0892 e. The SMILES string of the molecule is C=C/C=C(\C=c1\ccccc1=C)C(C=NC(=C)/C=C\C)=NC(=C)/C=C\C. The van der Waals surface area contributed by atoms with Crippen LogP contribution in [0.3, 0.4) is 0 Å². The molecule has 0 bridgehead atoms. The lowest BCUT2D eigenvalue weighted by molar-refractivity contribution is 1.41. The number of hydrogen-bond acceptors (Lipinski definition) is 2. The monoisotopic (exact) mass is 342 g/mol. The molecule has 0 aromatic heterocycles. The lowest BCUT2D eigenvalue weighted by Crippen LogP contribution is -2.23. The summed E-state index contributed by atoms with van der Waals surface area (Å²) in [6.07, 6.45) is 14.8. The Morgan fingerprint density at radius 2 is 1.65 bits per heavy atom. The largest absolute Gasteiger partial charge is 0.255 e. The van der Waals surface area contributed by atoms with E-state index in [9.17, 15) is 0 Å². The van der Waals surface area contributed by atoms with Gasteiger partial charge in [0.25, 0.3) is 0 Å². The molecule has 0 unspecified atom stereocenters. The van der Waals surface area contributed by atoms with Crippen LogP contribution in [0, 0.1) is 0 Å². The first-order valence-electron chi connectivity index (χ1n) is 8.36. The van der Waals surface area contributed by atoms with Crippen LogP contribution in [0.2, 0.25) is 0 Å². The zero-order chi connectivity index (χ0) is 19.4. The Labute approximate surface area is 156 Å². The van der Waals surface area contributed by atoms with Gasteiger partial charge in [-0.3, -0.25) is 4.99 Å². The second-order valence-electron chi connectivity index (χ2n) is 5.44. The first kappa shape index (κ1) is 20.8. The summed E-state index contributed by atoms with van der Waals surface area (Å²) in [6, 6.07) is 7.91. The van der Waals surface area contributed by atoms with Gasteiger partial charge in [0, 0.05) is 5.57 Å². The highest BCUT2D eigenvalue weighted by Gasteiger charge is 2.03. The van der Waals surface area contributed by atoms with Crippen molar-refractivity contribution in [3.63, 3.8) is 0 Å². The average molecular weight is 342 g/mol. The number of nitrogens with zero attached hydrogens (tertiary/aromatic N) is 2. The van der Waals surface area contributed by atoms with Gasteiger partial charge in [-0.15, -0.1) is 0 Å². The summed E-state index contributed by atoms with van der Waals surface area (Å²) in [6.45, 7) is 19.6. The van der Waals surface area contributed by atoms with Gasteiger partial charge in [-0.05, 0) is 42.5 Å². The molecule has 1 rings (SSSR count). The summed E-state index contributed by atoms with van der Waals surface area (Å²) >= 11 is 0. The van der Waals surface area contributed by atoms with Gasteiger partial charge >= 0.3 is 0 Å². The van der Waals surface area contributed by atoms with Crippen molar-refractivity contribution in [3.8, 4) is 0 Å². The molecule has 0 fully saturated rings. The normalized spacial score (nSPS) is 13.8. The van der Waals surface area contributed by atoms with Gasteiger partial charge in [0.1, 0.15) is 0 Å². The Kier molecular flexibility index (Phi) is 9.05. The molecule has 0 aliphatic carbocycles. The summed E-state index contributed by atoms with van der Waals surface area (Å²) in [7, 11) is 0. The zero-order valence-corrected chi connectivity index (χ0v) is 15.7. The van der Waals surface area contributed by atoms with Crippen molar-refractivity contribution in [1.82, 2.24) is 0 Å². The number of allylic oxidation sites excluding steroid dienone is 7. The molecule has 0 amide bonds. The molecule has 2 nitrogen and oxygen atoms in total. The van der Waals surface area contributed by atoms with E-state index in [-0.39, 0.29) is 0 Å². The van der Waals surface area contributed by atoms with Gasteiger partial charge < -0.3 is 0 Å². The van der Waals surface area contributed by atoms with Crippen LogP contribution in [-0.4, -0.2) is 11.9 Å². The third-order valence-corrected chi connectivity index (χ3v) is 3.29. The molecule has 2 heteroatoms. The third-order valence-electron chi connectivity index (χ3n) is 3.29. The van der Waals surface area contributed by atoms with E-state index in [1.165, 1.54) is 0 Å². The fourth-order valence-corrected chi connectivity index (χ4v) is 2.11. The second kappa shape index (κ2) is 11.3. The van der Waals surface area contributed by atoms with Gasteiger partial charge in [0.15, 0.2) is 0 Å². The summed E-state index contributed by atoms with van der Waals surface area (Å²) in [5.74, 6) is 0. The Morgan fingerprint density at radius 1 is 1.00 bits per heavy atom. The number of hydrogen-bond donors (Lipinski definition) is 0. The minimum absolute atomic E-state index is 0.636. The molecule has 0 aliphatic heterocycles. The van der Waals surface area contributed by atoms with E-state index in [4.69, 9.17) is 0 Å². The molecular weight excluding hydrogens is 316 g/mol. The van der Waals surface area contributed by atoms with Gasteiger partial charge in [0.2, 0.25) is 0 Å². The number of aliphatic imine (C=N–C) groups is 2. The molecule has 132 valence electrons. The molecule has 0 spiro atoms. The molecular formula is C24H26N2. The van der Waals surface area contributed by atoms with Crippen LogP contribution in [0.4, 0.5) is 0 Å². The van der Waals surface area contributed by atoms with Crippen molar-refractivity contribution in [3.05, 3.63) is 108 Å². The molecule has 0 aliphatic rings. The fraction of sp³-hybridized carbons (Fsp3) is 0.0833. The lowest BCUT2D eigenvalue weighted by atomic mass is 10.1. The summed E-state index contributed by atoms with van der Waals surface area (Å²) in [5.41, 5.74) is 2.81. The van der Waals surface area contributed by atoms with Gasteiger partial charge in [-0.25, -0.2) is 4.99 Å². The maximum absolute atomic E-state index is 4.60. The quantitative estimate of drug-likeness (QED) is 0.484. The van der Waals surface area contributed by atoms with Crippen molar-refractivity contribution in [2.75, 3.05) is 0 Å². The van der Waals surface area contributed by atoms with Crippen LogP contribution < -0.4 is 10.4 Å². The van der Waals surface area contributed by atoms with Crippen molar-refractivity contribution in [2.24, 2.45) is 9.98 Å². The minimum atomic E-state index is 0.636. The zero-order valence-electron chi connectivity index (χ0n) is 15.7. The maximum atomic E-state index is 4.60. The smallest absolute Gasteiger partial charge is 0.0892 e. The highest BCUT2D eigenvalue weighted by atomic mass is 14.8. The van der Waals surface area contributed by atoms with Crippen LogP contribution in [0.15, 0.2) is 107 Å². The van der Waals surface area contributed by atoms with E-state index in [0.717, 1.165) is 16.0 Å². The van der Waals surface area contributed by atoms with Gasteiger partial charge in [0.05, 0.1) is 23.3 Å². The minimum Gasteiger partial charge on any atom is -0.255 e. The van der Waals surface area contributed by atoms with Crippen molar-refractivity contribution < 1.29 is 0 Å². The number of rotatable bonds is 8. The topological polar surface area (TPSA) is 24.7 Å².